The number of ether oxygens (including phenoxy) is 1. The van der Waals surface area contributed by atoms with E-state index in [2.05, 4.69) is 10.3 Å². The highest BCUT2D eigenvalue weighted by Crippen LogP contribution is 2.29. The Morgan fingerprint density at radius 3 is 2.87 bits per heavy atom. The van der Waals surface area contributed by atoms with E-state index in [1.165, 1.54) is 6.42 Å². The molecule has 0 radical (unpaired) electrons. The number of H-pyrrole nitrogens is 1. The molecule has 5 heteroatoms. The van der Waals surface area contributed by atoms with Crippen LogP contribution in [-0.4, -0.2) is 35.3 Å². The zero-order chi connectivity index (χ0) is 16.3. The molecule has 0 bridgehead atoms. The van der Waals surface area contributed by atoms with Gasteiger partial charge in [0.25, 0.3) is 0 Å². The topological polar surface area (TPSA) is 74.4 Å². The molecular formula is C18H24N2O3. The fraction of sp³-hybridized carbons (Fsp3) is 0.500. The lowest BCUT2D eigenvalue weighted by molar-refractivity contribution is -0.122. The number of nitrogens with one attached hydrogen (secondary N) is 2. The molecule has 1 heterocycles. The summed E-state index contributed by atoms with van der Waals surface area (Å²) in [5.74, 6) is 0.688. The van der Waals surface area contributed by atoms with E-state index >= 15 is 0 Å². The maximum Gasteiger partial charge on any atom is 0.224 e. The summed E-state index contributed by atoms with van der Waals surface area (Å²) in [6.45, 7) is 0.339. The second kappa shape index (κ2) is 6.62. The Morgan fingerprint density at radius 1 is 1.35 bits per heavy atom. The Balaban J connectivity index is 1.66. The number of aromatic nitrogens is 1. The quantitative estimate of drug-likeness (QED) is 0.793. The highest BCUT2D eigenvalue weighted by molar-refractivity contribution is 5.93. The Kier molecular flexibility index (Phi) is 4.57. The number of methoxy groups -OCH3 is 1. The Hall–Kier alpha value is -2.01. The van der Waals surface area contributed by atoms with Crippen molar-refractivity contribution in [2.45, 2.75) is 44.1 Å². The summed E-state index contributed by atoms with van der Waals surface area (Å²) in [6.07, 6.45) is 6.91. The van der Waals surface area contributed by atoms with E-state index in [4.69, 9.17) is 4.74 Å². The first-order valence-corrected chi connectivity index (χ1v) is 8.23. The lowest BCUT2D eigenvalue weighted by atomic mass is 9.85. The molecule has 1 aliphatic carbocycles. The fourth-order valence-electron chi connectivity index (χ4n) is 3.41. The second-order valence-electron chi connectivity index (χ2n) is 6.44. The average Bonchev–Trinajstić information content (AvgIpc) is 2.97. The monoisotopic (exact) mass is 316 g/mol. The van der Waals surface area contributed by atoms with Crippen LogP contribution in [0.15, 0.2) is 24.4 Å². The van der Waals surface area contributed by atoms with Crippen molar-refractivity contribution in [3.8, 4) is 5.75 Å². The number of carbonyl (C=O) groups is 1. The molecule has 0 unspecified atom stereocenters. The number of carbonyl (C=O) groups excluding carboxylic acids is 1. The van der Waals surface area contributed by atoms with Crippen LogP contribution in [0.2, 0.25) is 0 Å². The number of benzene rings is 1. The molecule has 0 atom stereocenters. The molecule has 1 aromatic carbocycles. The number of aromatic amines is 1. The second-order valence-corrected chi connectivity index (χ2v) is 6.44. The number of rotatable bonds is 5. The van der Waals surface area contributed by atoms with Gasteiger partial charge in [-0.2, -0.15) is 0 Å². The summed E-state index contributed by atoms with van der Waals surface area (Å²) < 4.78 is 5.39. The molecule has 3 N–H and O–H groups in total. The average molecular weight is 316 g/mol. The first kappa shape index (κ1) is 15.9. The van der Waals surface area contributed by atoms with Gasteiger partial charge in [-0.25, -0.2) is 0 Å². The predicted molar refractivity (Wildman–Crippen MR) is 89.6 cm³/mol. The summed E-state index contributed by atoms with van der Waals surface area (Å²) in [5, 5.41) is 14.3. The van der Waals surface area contributed by atoms with Crippen molar-refractivity contribution in [3.05, 3.63) is 30.0 Å². The van der Waals surface area contributed by atoms with Crippen molar-refractivity contribution in [1.82, 2.24) is 10.3 Å². The molecule has 2 aromatic rings. The van der Waals surface area contributed by atoms with Crippen molar-refractivity contribution in [2.75, 3.05) is 13.7 Å². The third-order valence-electron chi connectivity index (χ3n) is 4.72. The number of amides is 1. The van der Waals surface area contributed by atoms with Crippen LogP contribution in [0.25, 0.3) is 10.9 Å². The molecule has 23 heavy (non-hydrogen) atoms. The summed E-state index contributed by atoms with van der Waals surface area (Å²) in [5.41, 5.74) is 1.13. The maximum absolute atomic E-state index is 12.3. The smallest absolute Gasteiger partial charge is 0.224 e. The van der Waals surface area contributed by atoms with Crippen LogP contribution in [0, 0.1) is 0 Å². The van der Waals surface area contributed by atoms with E-state index < -0.39 is 5.60 Å². The largest absolute Gasteiger partial charge is 0.496 e. The SMILES string of the molecule is COc1cccc2[nH]cc(CC(=O)NCC3(O)CCCCC3)c12. The van der Waals surface area contributed by atoms with Crippen molar-refractivity contribution in [1.29, 1.82) is 0 Å². The maximum atomic E-state index is 12.3. The van der Waals surface area contributed by atoms with Crippen LogP contribution in [-0.2, 0) is 11.2 Å². The van der Waals surface area contributed by atoms with Gasteiger partial charge in [-0.05, 0) is 30.5 Å². The van der Waals surface area contributed by atoms with Gasteiger partial charge in [-0.15, -0.1) is 0 Å². The number of aliphatic hydroxyl groups is 1. The third kappa shape index (κ3) is 3.50. The number of hydrogen-bond acceptors (Lipinski definition) is 3. The van der Waals surface area contributed by atoms with Crippen LogP contribution in [0.5, 0.6) is 5.75 Å². The molecule has 1 saturated carbocycles. The number of fused-ring (bicyclic) bond motifs is 1. The molecule has 0 spiro atoms. The standard InChI is InChI=1S/C18H24N2O3/c1-23-15-7-5-6-14-17(15)13(11-19-14)10-16(21)20-12-18(22)8-3-2-4-9-18/h5-7,11,19,22H,2-4,8-10,12H2,1H3,(H,20,21). The molecule has 124 valence electrons. The molecule has 1 fully saturated rings. The normalized spacial score (nSPS) is 17.1. The van der Waals surface area contributed by atoms with Gasteiger partial charge in [-0.1, -0.05) is 25.3 Å². The zero-order valence-corrected chi connectivity index (χ0v) is 13.5. The zero-order valence-electron chi connectivity index (χ0n) is 13.5. The lowest BCUT2D eigenvalue weighted by Gasteiger charge is -2.32. The van der Waals surface area contributed by atoms with Crippen molar-refractivity contribution in [2.24, 2.45) is 0 Å². The number of hydrogen-bond donors (Lipinski definition) is 3. The first-order valence-electron chi connectivity index (χ1n) is 8.23. The van der Waals surface area contributed by atoms with E-state index in [0.717, 1.165) is 47.9 Å². The van der Waals surface area contributed by atoms with E-state index in [-0.39, 0.29) is 12.3 Å². The Morgan fingerprint density at radius 2 is 2.13 bits per heavy atom. The molecule has 0 aliphatic heterocycles. The van der Waals surface area contributed by atoms with E-state index in [0.29, 0.717) is 6.54 Å². The Labute approximate surface area is 136 Å². The van der Waals surface area contributed by atoms with Crippen molar-refractivity contribution >= 4 is 16.8 Å². The fourth-order valence-corrected chi connectivity index (χ4v) is 3.41. The summed E-state index contributed by atoms with van der Waals surface area (Å²) >= 11 is 0. The molecule has 1 aliphatic rings. The lowest BCUT2D eigenvalue weighted by Crippen LogP contribution is -2.44. The molecule has 1 amide bonds. The van der Waals surface area contributed by atoms with Gasteiger partial charge < -0.3 is 20.1 Å². The molecule has 5 nitrogen and oxygen atoms in total. The van der Waals surface area contributed by atoms with Crippen LogP contribution in [0.3, 0.4) is 0 Å². The molecular weight excluding hydrogens is 292 g/mol. The summed E-state index contributed by atoms with van der Waals surface area (Å²) in [7, 11) is 1.63. The van der Waals surface area contributed by atoms with E-state index in [9.17, 15) is 9.90 Å². The van der Waals surface area contributed by atoms with Gasteiger partial charge in [0.05, 0.1) is 19.1 Å². The summed E-state index contributed by atoms with van der Waals surface area (Å²) in [4.78, 5) is 15.4. The first-order chi connectivity index (χ1) is 11.1. The van der Waals surface area contributed by atoms with Gasteiger partial charge in [0.2, 0.25) is 5.91 Å². The van der Waals surface area contributed by atoms with Crippen molar-refractivity contribution < 1.29 is 14.6 Å². The van der Waals surface area contributed by atoms with Gasteiger partial charge in [0, 0.05) is 23.6 Å². The van der Waals surface area contributed by atoms with Gasteiger partial charge >= 0.3 is 0 Å². The minimum Gasteiger partial charge on any atom is -0.496 e. The minimum absolute atomic E-state index is 0.0733. The third-order valence-corrected chi connectivity index (χ3v) is 4.72. The van der Waals surface area contributed by atoms with Crippen LogP contribution in [0.4, 0.5) is 0 Å². The van der Waals surface area contributed by atoms with Gasteiger partial charge in [0.15, 0.2) is 0 Å². The van der Waals surface area contributed by atoms with Crippen LogP contribution in [0.1, 0.15) is 37.7 Å². The molecule has 1 aromatic heterocycles. The minimum atomic E-state index is -0.730. The molecule has 0 saturated heterocycles. The van der Waals surface area contributed by atoms with Crippen molar-refractivity contribution in [3.63, 3.8) is 0 Å². The molecule has 3 rings (SSSR count). The predicted octanol–water partition coefficient (Wildman–Crippen LogP) is 2.53. The highest BCUT2D eigenvalue weighted by Gasteiger charge is 2.29. The summed E-state index contributed by atoms with van der Waals surface area (Å²) in [6, 6.07) is 5.77. The van der Waals surface area contributed by atoms with Crippen LogP contribution >= 0.6 is 0 Å². The Bertz CT molecular complexity index is 687. The van der Waals surface area contributed by atoms with Gasteiger partial charge in [-0.3, -0.25) is 4.79 Å². The van der Waals surface area contributed by atoms with Gasteiger partial charge in [0.1, 0.15) is 5.75 Å². The van der Waals surface area contributed by atoms with E-state index in [1.54, 1.807) is 7.11 Å². The van der Waals surface area contributed by atoms with Crippen LogP contribution < -0.4 is 10.1 Å². The van der Waals surface area contributed by atoms with E-state index in [1.807, 2.05) is 24.4 Å². The highest BCUT2D eigenvalue weighted by atomic mass is 16.5.